The number of alkyl halides is 2. The zero-order valence-electron chi connectivity index (χ0n) is 10.9. The highest BCUT2D eigenvalue weighted by Gasteiger charge is 2.66. The van der Waals surface area contributed by atoms with Gasteiger partial charge in [0.15, 0.2) is 0 Å². The molecule has 1 saturated heterocycles. The second-order valence-corrected chi connectivity index (χ2v) is 9.02. The Kier molecular flexibility index (Phi) is 3.36. The van der Waals surface area contributed by atoms with Crippen molar-refractivity contribution < 1.29 is 9.59 Å². The van der Waals surface area contributed by atoms with Gasteiger partial charge in [-0.2, -0.15) is 0 Å². The van der Waals surface area contributed by atoms with Gasteiger partial charge >= 0.3 is 0 Å². The van der Waals surface area contributed by atoms with Crippen LogP contribution in [0, 0.1) is 23.7 Å². The molecular weight excluding hydrogens is 466 g/mol. The first-order chi connectivity index (χ1) is 10.0. The number of hydrogen-bond acceptors (Lipinski definition) is 2. The molecule has 3 aliphatic rings. The lowest BCUT2D eigenvalue weighted by Gasteiger charge is -2.28. The molecule has 1 aromatic rings. The summed E-state index contributed by atoms with van der Waals surface area (Å²) >= 11 is 10.8. The van der Waals surface area contributed by atoms with Crippen molar-refractivity contribution >= 4 is 65.3 Å². The number of nitrogens with zero attached hydrogens (tertiary/aromatic N) is 1. The second-order valence-electron chi connectivity index (χ2n) is 5.99. The van der Waals surface area contributed by atoms with Crippen LogP contribution >= 0.6 is 47.8 Å². The number of carbonyl (C=O) groups excluding carboxylic acids is 2. The van der Waals surface area contributed by atoms with Crippen LogP contribution in [0.25, 0.3) is 0 Å². The number of carbonyl (C=O) groups is 2. The van der Waals surface area contributed by atoms with E-state index in [-0.39, 0.29) is 45.1 Å². The Bertz CT molecular complexity index is 600. The molecule has 6 heteroatoms. The van der Waals surface area contributed by atoms with E-state index in [1.54, 1.807) is 0 Å². The van der Waals surface area contributed by atoms with Crippen molar-refractivity contribution in [3.8, 4) is 0 Å². The predicted molar refractivity (Wildman–Crippen MR) is 90.6 cm³/mol. The summed E-state index contributed by atoms with van der Waals surface area (Å²) in [4.78, 5) is 27.5. The van der Waals surface area contributed by atoms with Crippen LogP contribution in [0.3, 0.4) is 0 Å². The molecule has 2 amide bonds. The molecule has 4 rings (SSSR count). The molecule has 0 radical (unpaired) electrons. The first-order valence-corrected chi connectivity index (χ1v) is 9.54. The quantitative estimate of drug-likeness (QED) is 0.456. The fourth-order valence-corrected chi connectivity index (χ4v) is 6.33. The number of halogens is 3. The van der Waals surface area contributed by atoms with Gasteiger partial charge in [0.25, 0.3) is 0 Å². The Morgan fingerprint density at radius 2 is 1.38 bits per heavy atom. The maximum atomic E-state index is 12.8. The predicted octanol–water partition coefficient (Wildman–Crippen LogP) is 3.73. The first-order valence-electron chi connectivity index (χ1n) is 6.92. The van der Waals surface area contributed by atoms with E-state index in [1.165, 1.54) is 4.90 Å². The molecule has 2 bridgehead atoms. The van der Waals surface area contributed by atoms with Gasteiger partial charge in [-0.05, 0) is 42.5 Å². The van der Waals surface area contributed by atoms with Crippen LogP contribution in [-0.4, -0.2) is 21.5 Å². The summed E-state index contributed by atoms with van der Waals surface area (Å²) in [6, 6.07) is 7.36. The van der Waals surface area contributed by atoms with E-state index in [4.69, 9.17) is 0 Å². The number of imide groups is 1. The van der Waals surface area contributed by atoms with Gasteiger partial charge in [-0.1, -0.05) is 47.8 Å². The Hall–Kier alpha value is -0.200. The molecule has 21 heavy (non-hydrogen) atoms. The van der Waals surface area contributed by atoms with Crippen molar-refractivity contribution in [1.29, 1.82) is 0 Å². The monoisotopic (exact) mass is 475 g/mol. The van der Waals surface area contributed by atoms with Gasteiger partial charge in [-0.25, -0.2) is 0 Å². The molecule has 0 unspecified atom stereocenters. The summed E-state index contributed by atoms with van der Waals surface area (Å²) in [7, 11) is 0. The van der Waals surface area contributed by atoms with E-state index in [0.717, 1.165) is 10.9 Å². The third kappa shape index (κ3) is 1.88. The lowest BCUT2D eigenvalue weighted by atomic mass is 9.81. The minimum Gasteiger partial charge on any atom is -0.274 e. The molecule has 2 saturated carbocycles. The average Bonchev–Trinajstić information content (AvgIpc) is 3.06. The van der Waals surface area contributed by atoms with Crippen LogP contribution in [0.5, 0.6) is 0 Å². The Balaban J connectivity index is 1.73. The van der Waals surface area contributed by atoms with E-state index in [0.29, 0.717) is 5.69 Å². The smallest absolute Gasteiger partial charge is 0.238 e. The largest absolute Gasteiger partial charge is 0.274 e. The summed E-state index contributed by atoms with van der Waals surface area (Å²) in [5, 5.41) is 0. The number of fused-ring (bicyclic) bond motifs is 5. The van der Waals surface area contributed by atoms with Crippen molar-refractivity contribution in [2.24, 2.45) is 23.7 Å². The molecule has 2 aliphatic carbocycles. The van der Waals surface area contributed by atoms with Gasteiger partial charge in [-0.15, -0.1) is 0 Å². The molecule has 1 aromatic carbocycles. The van der Waals surface area contributed by atoms with Gasteiger partial charge in [-0.3, -0.25) is 14.5 Å². The molecular formula is C15H12Br3NO2. The standard InChI is InChI=1S/C15H12Br3NO2/c16-6-1-3-7(4-2-6)19-14(20)10-8-5-9(11(10)15(19)21)13(18)12(8)17/h1-4,8-13H,5H2/t8-,9+,10-,11-,12-,13+/m0/s1. The Labute approximate surface area is 147 Å². The number of rotatable bonds is 1. The summed E-state index contributed by atoms with van der Waals surface area (Å²) in [5.41, 5.74) is 0.680. The molecule has 3 fully saturated rings. The zero-order valence-corrected chi connectivity index (χ0v) is 15.6. The van der Waals surface area contributed by atoms with E-state index >= 15 is 0 Å². The number of benzene rings is 1. The molecule has 6 atom stereocenters. The van der Waals surface area contributed by atoms with E-state index < -0.39 is 0 Å². The Morgan fingerprint density at radius 1 is 0.905 bits per heavy atom. The third-order valence-corrected chi connectivity index (χ3v) is 8.81. The van der Waals surface area contributed by atoms with Crippen molar-refractivity contribution in [3.63, 3.8) is 0 Å². The van der Waals surface area contributed by atoms with Crippen LogP contribution < -0.4 is 4.90 Å². The van der Waals surface area contributed by atoms with Gasteiger partial charge < -0.3 is 0 Å². The molecule has 1 heterocycles. The summed E-state index contributed by atoms with van der Waals surface area (Å²) in [5.74, 6) is 0.184. The highest BCUT2D eigenvalue weighted by atomic mass is 79.9. The SMILES string of the molecule is O=C1[C@H]2[C@@H]3C[C@@H]([C@@H](Br)[C@H]3Br)[C@@H]2C(=O)N1c1ccc(Br)cc1. The van der Waals surface area contributed by atoms with E-state index in [2.05, 4.69) is 47.8 Å². The molecule has 0 spiro atoms. The van der Waals surface area contributed by atoms with E-state index in [1.807, 2.05) is 24.3 Å². The maximum Gasteiger partial charge on any atom is 0.238 e. The zero-order chi connectivity index (χ0) is 14.9. The molecule has 1 aliphatic heterocycles. The highest BCUT2D eigenvalue weighted by molar-refractivity contribution is 9.12. The van der Waals surface area contributed by atoms with Crippen LogP contribution in [0.1, 0.15) is 6.42 Å². The van der Waals surface area contributed by atoms with Crippen LogP contribution in [0.2, 0.25) is 0 Å². The third-order valence-electron chi connectivity index (χ3n) is 5.07. The van der Waals surface area contributed by atoms with Crippen LogP contribution in [0.15, 0.2) is 28.7 Å². The van der Waals surface area contributed by atoms with Crippen molar-refractivity contribution in [3.05, 3.63) is 28.7 Å². The average molecular weight is 478 g/mol. The second kappa shape index (κ2) is 4.90. The molecule has 0 N–H and O–H groups in total. The number of anilines is 1. The molecule has 0 aromatic heterocycles. The van der Waals surface area contributed by atoms with Gasteiger partial charge in [0, 0.05) is 14.1 Å². The summed E-state index contributed by atoms with van der Waals surface area (Å²) in [6.07, 6.45) is 0.965. The molecule has 110 valence electrons. The van der Waals surface area contributed by atoms with Crippen molar-refractivity contribution in [2.75, 3.05) is 4.90 Å². The maximum absolute atomic E-state index is 12.8. The lowest BCUT2D eigenvalue weighted by molar-refractivity contribution is -0.123. The van der Waals surface area contributed by atoms with E-state index in [9.17, 15) is 9.59 Å². The number of hydrogen-bond donors (Lipinski definition) is 0. The summed E-state index contributed by atoms with van der Waals surface area (Å²) in [6.45, 7) is 0. The van der Waals surface area contributed by atoms with Crippen LogP contribution in [0.4, 0.5) is 5.69 Å². The summed E-state index contributed by atoms with van der Waals surface area (Å²) < 4.78 is 0.937. The lowest BCUT2D eigenvalue weighted by Crippen LogP contribution is -2.37. The van der Waals surface area contributed by atoms with Gasteiger partial charge in [0.1, 0.15) is 0 Å². The minimum absolute atomic E-state index is 0.0244. The van der Waals surface area contributed by atoms with Gasteiger partial charge in [0.2, 0.25) is 11.8 Å². The Morgan fingerprint density at radius 3 is 1.86 bits per heavy atom. The van der Waals surface area contributed by atoms with Crippen molar-refractivity contribution in [1.82, 2.24) is 0 Å². The highest BCUT2D eigenvalue weighted by Crippen LogP contribution is 2.60. The van der Waals surface area contributed by atoms with Gasteiger partial charge in [0.05, 0.1) is 17.5 Å². The first kappa shape index (κ1) is 14.4. The normalized spacial score (nSPS) is 41.0. The fraction of sp³-hybridized carbons (Fsp3) is 0.467. The van der Waals surface area contributed by atoms with Crippen LogP contribution in [-0.2, 0) is 9.59 Å². The number of amides is 2. The topological polar surface area (TPSA) is 37.4 Å². The van der Waals surface area contributed by atoms with Crippen molar-refractivity contribution in [2.45, 2.75) is 16.1 Å². The fourth-order valence-electron chi connectivity index (χ4n) is 4.19. The molecule has 3 nitrogen and oxygen atoms in total. The minimum atomic E-state index is -0.149.